The summed E-state index contributed by atoms with van der Waals surface area (Å²) in [6.45, 7) is 1.19. The summed E-state index contributed by atoms with van der Waals surface area (Å²) in [5, 5.41) is 6.70. The Balaban J connectivity index is 1.81. The highest BCUT2D eigenvalue weighted by molar-refractivity contribution is 6.33. The SMILES string of the molecule is COc1ccc(CNCCC(=O)NC2CC2)c(Cl)c1OC. The normalized spacial score (nSPS) is 13.9. The van der Waals surface area contributed by atoms with Crippen LogP contribution in [0, 0.1) is 0 Å². The van der Waals surface area contributed by atoms with Crippen LogP contribution in [-0.4, -0.2) is 32.7 Å². The number of carbonyl (C=O) groups is 1. The number of nitrogens with one attached hydrogen (secondary N) is 2. The summed E-state index contributed by atoms with van der Waals surface area (Å²) >= 11 is 6.29. The molecule has 1 aromatic carbocycles. The van der Waals surface area contributed by atoms with Crippen LogP contribution in [0.25, 0.3) is 0 Å². The van der Waals surface area contributed by atoms with E-state index in [4.69, 9.17) is 21.1 Å². The first-order valence-corrected chi connectivity index (χ1v) is 7.43. The summed E-state index contributed by atoms with van der Waals surface area (Å²) in [6.07, 6.45) is 2.70. The lowest BCUT2D eigenvalue weighted by Gasteiger charge is -2.13. The van der Waals surface area contributed by atoms with E-state index in [1.165, 1.54) is 0 Å². The van der Waals surface area contributed by atoms with Gasteiger partial charge in [0.2, 0.25) is 5.91 Å². The van der Waals surface area contributed by atoms with E-state index >= 15 is 0 Å². The standard InChI is InChI=1S/C15H21ClN2O3/c1-20-12-6-3-10(14(16)15(12)21-2)9-17-8-7-13(19)18-11-4-5-11/h3,6,11,17H,4-5,7-9H2,1-2H3,(H,18,19). The highest BCUT2D eigenvalue weighted by Crippen LogP contribution is 2.37. The molecule has 5 nitrogen and oxygen atoms in total. The lowest BCUT2D eigenvalue weighted by molar-refractivity contribution is -0.121. The molecule has 1 saturated carbocycles. The molecule has 1 aromatic rings. The van der Waals surface area contributed by atoms with Gasteiger partial charge in [0.05, 0.1) is 19.2 Å². The van der Waals surface area contributed by atoms with E-state index in [0.29, 0.717) is 42.1 Å². The maximum absolute atomic E-state index is 11.5. The average molecular weight is 313 g/mol. The Labute approximate surface area is 130 Å². The molecule has 0 saturated heterocycles. The predicted octanol–water partition coefficient (Wildman–Crippen LogP) is 2.12. The second-order valence-corrected chi connectivity index (χ2v) is 5.42. The van der Waals surface area contributed by atoms with Gasteiger partial charge in [-0.15, -0.1) is 0 Å². The highest BCUT2D eigenvalue weighted by atomic mass is 35.5. The van der Waals surface area contributed by atoms with Crippen molar-refractivity contribution in [3.05, 3.63) is 22.7 Å². The molecule has 21 heavy (non-hydrogen) atoms. The molecule has 1 fully saturated rings. The zero-order valence-corrected chi connectivity index (χ0v) is 13.1. The molecule has 1 aliphatic carbocycles. The Kier molecular flexibility index (Phi) is 5.70. The van der Waals surface area contributed by atoms with Gasteiger partial charge in [0.1, 0.15) is 0 Å². The van der Waals surface area contributed by atoms with E-state index in [1.807, 2.05) is 12.1 Å². The second kappa shape index (κ2) is 7.52. The molecule has 0 aliphatic heterocycles. The molecule has 0 spiro atoms. The van der Waals surface area contributed by atoms with Gasteiger partial charge in [0.25, 0.3) is 0 Å². The first-order chi connectivity index (χ1) is 10.2. The fraction of sp³-hybridized carbons (Fsp3) is 0.533. The van der Waals surface area contributed by atoms with Crippen molar-refractivity contribution in [2.24, 2.45) is 0 Å². The number of hydrogen-bond donors (Lipinski definition) is 2. The lowest BCUT2D eigenvalue weighted by Crippen LogP contribution is -2.29. The Morgan fingerprint density at radius 3 is 2.71 bits per heavy atom. The predicted molar refractivity (Wildman–Crippen MR) is 82.0 cm³/mol. The molecule has 0 bridgehead atoms. The molecule has 0 atom stereocenters. The van der Waals surface area contributed by atoms with Crippen molar-refractivity contribution in [1.82, 2.24) is 10.6 Å². The molecule has 0 aromatic heterocycles. The quantitative estimate of drug-likeness (QED) is 0.722. The molecule has 1 amide bonds. The number of carbonyl (C=O) groups excluding carboxylic acids is 1. The summed E-state index contributed by atoms with van der Waals surface area (Å²) in [6, 6.07) is 4.13. The first-order valence-electron chi connectivity index (χ1n) is 7.05. The Morgan fingerprint density at radius 2 is 2.10 bits per heavy atom. The third kappa shape index (κ3) is 4.51. The summed E-state index contributed by atoms with van der Waals surface area (Å²) in [7, 11) is 3.13. The number of rotatable bonds is 8. The van der Waals surface area contributed by atoms with Gasteiger partial charge in [-0.2, -0.15) is 0 Å². The van der Waals surface area contributed by atoms with Crippen LogP contribution in [0.5, 0.6) is 11.5 Å². The molecule has 2 N–H and O–H groups in total. The van der Waals surface area contributed by atoms with Crippen molar-refractivity contribution in [2.75, 3.05) is 20.8 Å². The fourth-order valence-electron chi connectivity index (χ4n) is 2.02. The fourth-order valence-corrected chi connectivity index (χ4v) is 2.32. The van der Waals surface area contributed by atoms with Crippen molar-refractivity contribution in [3.63, 3.8) is 0 Å². The summed E-state index contributed by atoms with van der Waals surface area (Å²) in [5.41, 5.74) is 0.914. The molecule has 0 unspecified atom stereocenters. The minimum Gasteiger partial charge on any atom is -0.493 e. The summed E-state index contributed by atoms with van der Waals surface area (Å²) < 4.78 is 10.4. The third-order valence-electron chi connectivity index (χ3n) is 3.35. The third-order valence-corrected chi connectivity index (χ3v) is 3.77. The summed E-state index contributed by atoms with van der Waals surface area (Å²) in [5.74, 6) is 1.24. The van der Waals surface area contributed by atoms with Gasteiger partial charge in [0.15, 0.2) is 11.5 Å². The van der Waals surface area contributed by atoms with Crippen LogP contribution in [0.3, 0.4) is 0 Å². The zero-order chi connectivity index (χ0) is 15.2. The first kappa shape index (κ1) is 15.9. The van der Waals surface area contributed by atoms with Gasteiger partial charge in [-0.05, 0) is 24.5 Å². The number of hydrogen-bond acceptors (Lipinski definition) is 4. The van der Waals surface area contributed by atoms with Gasteiger partial charge >= 0.3 is 0 Å². The topological polar surface area (TPSA) is 59.6 Å². The molecule has 0 heterocycles. The number of methoxy groups -OCH3 is 2. The molecule has 6 heteroatoms. The maximum atomic E-state index is 11.5. The minimum absolute atomic E-state index is 0.100. The monoisotopic (exact) mass is 312 g/mol. The van der Waals surface area contributed by atoms with Crippen LogP contribution in [0.1, 0.15) is 24.8 Å². The Hall–Kier alpha value is -1.46. The van der Waals surface area contributed by atoms with E-state index in [1.54, 1.807) is 14.2 Å². The van der Waals surface area contributed by atoms with Crippen molar-refractivity contribution < 1.29 is 14.3 Å². The maximum Gasteiger partial charge on any atom is 0.221 e. The Bertz CT molecular complexity index is 504. The van der Waals surface area contributed by atoms with E-state index in [2.05, 4.69) is 10.6 Å². The second-order valence-electron chi connectivity index (χ2n) is 5.04. The van der Waals surface area contributed by atoms with Crippen molar-refractivity contribution >= 4 is 17.5 Å². The zero-order valence-electron chi connectivity index (χ0n) is 12.4. The minimum atomic E-state index is 0.100. The van der Waals surface area contributed by atoms with Crippen LogP contribution < -0.4 is 20.1 Å². The molecule has 0 radical (unpaired) electrons. The van der Waals surface area contributed by atoms with Crippen molar-refractivity contribution in [1.29, 1.82) is 0 Å². The molecular formula is C15H21ClN2O3. The molecule has 116 valence electrons. The summed E-state index contributed by atoms with van der Waals surface area (Å²) in [4.78, 5) is 11.5. The van der Waals surface area contributed by atoms with Crippen LogP contribution in [0.4, 0.5) is 0 Å². The number of ether oxygens (including phenoxy) is 2. The van der Waals surface area contributed by atoms with E-state index in [-0.39, 0.29) is 5.91 Å². The van der Waals surface area contributed by atoms with Crippen LogP contribution in [-0.2, 0) is 11.3 Å². The smallest absolute Gasteiger partial charge is 0.221 e. The van der Waals surface area contributed by atoms with Crippen LogP contribution >= 0.6 is 11.6 Å². The largest absolute Gasteiger partial charge is 0.493 e. The van der Waals surface area contributed by atoms with Crippen LogP contribution in [0.2, 0.25) is 5.02 Å². The van der Waals surface area contributed by atoms with Crippen molar-refractivity contribution in [3.8, 4) is 11.5 Å². The van der Waals surface area contributed by atoms with E-state index in [9.17, 15) is 4.79 Å². The van der Waals surface area contributed by atoms with Gasteiger partial charge < -0.3 is 20.1 Å². The molecule has 1 aliphatic rings. The van der Waals surface area contributed by atoms with Crippen molar-refractivity contribution in [2.45, 2.75) is 31.8 Å². The highest BCUT2D eigenvalue weighted by Gasteiger charge is 2.22. The van der Waals surface area contributed by atoms with Gasteiger partial charge in [-0.1, -0.05) is 17.7 Å². The van der Waals surface area contributed by atoms with Gasteiger partial charge in [0, 0.05) is 25.6 Å². The van der Waals surface area contributed by atoms with E-state index in [0.717, 1.165) is 18.4 Å². The Morgan fingerprint density at radius 1 is 1.33 bits per heavy atom. The number of amides is 1. The van der Waals surface area contributed by atoms with Crippen LogP contribution in [0.15, 0.2) is 12.1 Å². The lowest BCUT2D eigenvalue weighted by atomic mass is 10.2. The number of halogens is 1. The van der Waals surface area contributed by atoms with E-state index < -0.39 is 0 Å². The number of benzene rings is 1. The van der Waals surface area contributed by atoms with Gasteiger partial charge in [-0.3, -0.25) is 4.79 Å². The van der Waals surface area contributed by atoms with Gasteiger partial charge in [-0.25, -0.2) is 0 Å². The average Bonchev–Trinajstić information content (AvgIpc) is 3.28. The molecular weight excluding hydrogens is 292 g/mol. The molecule has 2 rings (SSSR count).